The van der Waals surface area contributed by atoms with Crippen molar-refractivity contribution in [2.24, 2.45) is 26.3 Å². The number of fused-ring (bicyclic) bond motifs is 4. The van der Waals surface area contributed by atoms with Crippen LogP contribution in [0.4, 0.5) is 80.5 Å². The molecule has 9 N–H and O–H groups in total. The third-order valence-corrected chi connectivity index (χ3v) is 30.6. The van der Waals surface area contributed by atoms with E-state index in [1.165, 1.54) is 107 Å². The lowest BCUT2D eigenvalue weighted by Gasteiger charge is -2.38. The lowest BCUT2D eigenvalue weighted by molar-refractivity contribution is 0.0673. The van der Waals surface area contributed by atoms with Crippen LogP contribution >= 0.6 is 69.6 Å². The number of H-pyrrole nitrogens is 3. The number of aryl methyl sites for hydroxylation is 1. The fourth-order valence-corrected chi connectivity index (χ4v) is 21.7. The molecule has 144 heavy (non-hydrogen) atoms. The quantitative estimate of drug-likeness (QED) is 0.0391. The van der Waals surface area contributed by atoms with Crippen LogP contribution < -0.4 is 31.9 Å². The molecule has 3 aromatic heterocycles. The number of anilines is 6. The fraction of sp³-hybridized carbons (Fsp3) is 0.439. The van der Waals surface area contributed by atoms with Crippen molar-refractivity contribution in [2.45, 2.75) is 213 Å². The van der Waals surface area contributed by atoms with Crippen LogP contribution in [-0.4, -0.2) is 204 Å². The van der Waals surface area contributed by atoms with Gasteiger partial charge in [0.2, 0.25) is 0 Å². The maximum atomic E-state index is 14.3. The summed E-state index contributed by atoms with van der Waals surface area (Å²) in [5.74, 6) is -5.06. The molecule has 2 unspecified atom stereocenters. The first-order chi connectivity index (χ1) is 69.1. The summed E-state index contributed by atoms with van der Waals surface area (Å²) in [6.07, 6.45) is 16.2. The molecule has 12 heterocycles. The van der Waals surface area contributed by atoms with E-state index in [-0.39, 0.29) is 84.4 Å². The number of benzene rings is 6. The van der Waals surface area contributed by atoms with Crippen molar-refractivity contribution in [1.29, 1.82) is 0 Å². The Kier molecular flexibility index (Phi) is 33.5. The number of alkyl halides is 4. The molecule has 21 rings (SSSR count). The molecule has 0 radical (unpaired) electrons. The molecule has 0 bridgehead atoms. The van der Waals surface area contributed by atoms with Gasteiger partial charge in [0.05, 0.1) is 56.4 Å². The number of amides is 12. The minimum atomic E-state index is -2.94. The molecule has 12 amide bonds. The predicted octanol–water partition coefficient (Wildman–Crippen LogP) is 25.7. The zero-order valence-corrected chi connectivity index (χ0v) is 86.6. The highest BCUT2D eigenvalue weighted by atomic mass is 35.5. The molecule has 0 spiro atoms. The van der Waals surface area contributed by atoms with Gasteiger partial charge in [-0.25, -0.2) is 28.8 Å². The van der Waals surface area contributed by atoms with Crippen LogP contribution in [0.25, 0.3) is 0 Å². The highest BCUT2D eigenvalue weighted by molar-refractivity contribution is 6.33. The maximum absolute atomic E-state index is 14.3. The molecule has 6 aromatic carbocycles. The second-order valence-electron chi connectivity index (χ2n) is 39.5. The molecule has 2 atom stereocenters. The van der Waals surface area contributed by atoms with Crippen LogP contribution in [0.1, 0.15) is 196 Å². The normalized spacial score (nSPS) is 18.8. The molecular weight excluding hydrogens is 1960 g/mol. The summed E-state index contributed by atoms with van der Waals surface area (Å²) in [5, 5.41) is 43.9. The second kappa shape index (κ2) is 45.9. The minimum Gasteiger partial charge on any atom is -0.320 e. The van der Waals surface area contributed by atoms with E-state index >= 15 is 0 Å². The number of hydrogen-bond acceptors (Lipinski definition) is 12. The number of urea groups is 6. The Morgan fingerprint density at radius 2 is 0.722 bits per heavy atom. The van der Waals surface area contributed by atoms with E-state index in [2.05, 4.69) is 107 Å². The van der Waals surface area contributed by atoms with Crippen molar-refractivity contribution in [3.05, 3.63) is 260 Å². The first-order valence-electron chi connectivity index (χ1n) is 49.7. The van der Waals surface area contributed by atoms with Crippen LogP contribution in [-0.2, 0) is 56.1 Å². The van der Waals surface area contributed by atoms with Crippen LogP contribution in [0.2, 0.25) is 30.1 Å². The number of aliphatic imine (C=N–C) groups is 3. The van der Waals surface area contributed by atoms with E-state index in [1.54, 1.807) is 109 Å². The standard InChI is InChI=1S/C19H21ClN4O.C19H24ClN3O.C18H20ClF2N3O.C18H21ClN4O.C17H18ClF2N3O.C16H19ClN4O/c20-13-4-1-5-14(9-13)21-18(25)24-8-6-16-15(11-24)17(23-22-16)19-7-2-3-12(19)10-19;1-4-19(2,3)17-16-12-23(9-8-13(16)11-21-17)18(24)22-15-7-5-6-14(20)10-15;1-2-7-18(20,21)16-15-11-24(8-6-12(15)10-22-16)17(25)23-14-5-3-4-13(19)9-14;1-18(7-3-8-18)16-14-11-23(9-6-15(14)21-22-16)17(24)20-13-5-2-4-12(19)10-13;1-2-17(19,20)15-14-10-23(7-6-11(14)9-21-15)16(24)22-13-5-3-4-12(18)8-13;1-2-4-14-13-10-21(8-7-15(13)20-19-14)16(22)18-12-6-3-5-11(17)9-12/h1,4-5,9,12H,2-3,6-8,10-11H2,(H,21,25)(H,22,23);5-7,10H,4,8-9,11-12H2,1-3H3,(H,22,24);3-5,9H,2,6-8,10-11H2,1H3,(H,23,25);2,4-5,10H,3,6-9,11H2,1H3,(H,20,24)(H,21,22);3-5,8H,2,6-7,9-10H2,1H3,(H,22,24);3,5-6,9H,2,4,7-8,10H2,1H3,(H,18,22)(H,19,20). The van der Waals surface area contributed by atoms with Crippen molar-refractivity contribution < 1.29 is 46.3 Å². The SMILES string of the molecule is CC1(c2n[nH]c3c2CN(C(=O)Nc2cccc(Cl)c2)CC3)CCC1.CCC(C)(C)C1=NCC2=C1CN(C(=O)Nc1cccc(Cl)c1)CC2.CCC(F)(F)C1=NCC2=C1CN(C(=O)Nc1cccc(Cl)c1)CC2.CCCC(F)(F)C1=NCC2=C1CN(C(=O)Nc1cccc(Cl)c1)CC2.CCCc1n[nH]c2c1CN(C(=O)Nc1cccc(Cl)c1)CC2.O=C(Nc1cccc(Cl)c1)N1CCc2[nH]nc(C34CCCC3C4)c2C1. The number of nitrogens with zero attached hydrogens (tertiary/aromatic N) is 12. The molecule has 12 aliphatic rings. The summed E-state index contributed by atoms with van der Waals surface area (Å²) in [7, 11) is 0. The highest BCUT2D eigenvalue weighted by Crippen LogP contribution is 2.65. The van der Waals surface area contributed by atoms with Crippen molar-refractivity contribution in [3.63, 3.8) is 0 Å². The molecule has 3 aliphatic carbocycles. The van der Waals surface area contributed by atoms with Crippen LogP contribution in [0.5, 0.6) is 0 Å². The van der Waals surface area contributed by atoms with E-state index < -0.39 is 11.8 Å². The van der Waals surface area contributed by atoms with E-state index in [4.69, 9.17) is 74.6 Å². The Bertz CT molecular complexity index is 6360. The molecule has 9 aliphatic heterocycles. The van der Waals surface area contributed by atoms with Gasteiger partial charge in [0.15, 0.2) is 0 Å². The zero-order valence-electron chi connectivity index (χ0n) is 82.1. The summed E-state index contributed by atoms with van der Waals surface area (Å²) in [6.45, 7) is 22.3. The number of carbonyl (C=O) groups is 6. The van der Waals surface area contributed by atoms with Crippen LogP contribution in [0.15, 0.2) is 194 Å². The monoisotopic (exact) mass is 2080 g/mol. The summed E-state index contributed by atoms with van der Waals surface area (Å²) in [4.78, 5) is 98.6. The van der Waals surface area contributed by atoms with Gasteiger partial charge in [-0.1, -0.05) is 180 Å². The van der Waals surface area contributed by atoms with E-state index in [0.717, 1.165) is 109 Å². The zero-order chi connectivity index (χ0) is 102. The van der Waals surface area contributed by atoms with E-state index in [9.17, 15) is 46.3 Å². The van der Waals surface area contributed by atoms with Gasteiger partial charge < -0.3 is 61.3 Å². The Hall–Kier alpha value is -11.7. The Labute approximate surface area is 867 Å². The van der Waals surface area contributed by atoms with Crippen molar-refractivity contribution in [1.82, 2.24) is 60.0 Å². The van der Waals surface area contributed by atoms with E-state index in [1.807, 2.05) is 68.1 Å². The molecule has 0 saturated heterocycles. The largest absolute Gasteiger partial charge is 0.322 e. The Balaban J connectivity index is 0.000000124. The van der Waals surface area contributed by atoms with E-state index in [0.29, 0.717) is 155 Å². The average Bonchev–Trinajstić information content (AvgIpc) is 1.54. The summed E-state index contributed by atoms with van der Waals surface area (Å²) in [6, 6.07) is 41.6. The molecule has 9 aromatic rings. The first-order valence-corrected chi connectivity index (χ1v) is 52.0. The topological polar surface area (TPSA) is 317 Å². The van der Waals surface area contributed by atoms with Crippen LogP contribution in [0.3, 0.4) is 0 Å². The number of carbonyl (C=O) groups excluding carboxylic acids is 6. The number of halogens is 10. The maximum Gasteiger partial charge on any atom is 0.322 e. The van der Waals surface area contributed by atoms with Crippen molar-refractivity contribution in [2.75, 3.05) is 110 Å². The van der Waals surface area contributed by atoms with Crippen molar-refractivity contribution >= 4 is 157 Å². The lowest BCUT2D eigenvalue weighted by Crippen LogP contribution is -2.42. The van der Waals surface area contributed by atoms with Gasteiger partial charge in [0.1, 0.15) is 11.4 Å². The molecule has 3 saturated carbocycles. The Morgan fingerprint density at radius 3 is 1.05 bits per heavy atom. The number of aromatic amines is 3. The minimum absolute atomic E-state index is 0.0591. The van der Waals surface area contributed by atoms with Crippen molar-refractivity contribution in [3.8, 4) is 0 Å². The summed E-state index contributed by atoms with van der Waals surface area (Å²) >= 11 is 35.7. The van der Waals surface area contributed by atoms with Gasteiger partial charge in [0.25, 0.3) is 11.8 Å². The molecule has 3 fully saturated rings. The molecule has 37 heteroatoms. The summed E-state index contributed by atoms with van der Waals surface area (Å²) < 4.78 is 56.7. The van der Waals surface area contributed by atoms with Gasteiger partial charge in [-0.2, -0.15) is 32.9 Å². The smallest absolute Gasteiger partial charge is 0.320 e. The van der Waals surface area contributed by atoms with Gasteiger partial charge in [0, 0.05) is 211 Å². The third-order valence-electron chi connectivity index (χ3n) is 29.2. The lowest BCUT2D eigenvalue weighted by atomic mass is 9.67. The number of aromatic nitrogens is 6. The molecule has 27 nitrogen and oxygen atoms in total. The fourth-order valence-electron chi connectivity index (χ4n) is 20.6. The van der Waals surface area contributed by atoms with Gasteiger partial charge in [-0.15, -0.1) is 0 Å². The number of nitrogens with one attached hydrogen (secondary N) is 9. The molecule has 762 valence electrons. The molecular formula is C107H123Cl6F4N21O6. The predicted molar refractivity (Wildman–Crippen MR) is 565 cm³/mol. The van der Waals surface area contributed by atoms with Gasteiger partial charge >= 0.3 is 36.2 Å². The van der Waals surface area contributed by atoms with Crippen LogP contribution in [0, 0.1) is 11.3 Å². The second-order valence-corrected chi connectivity index (χ2v) is 42.1. The first kappa shape index (κ1) is 105. The third kappa shape index (κ3) is 25.0. The number of rotatable bonds is 17. The Morgan fingerprint density at radius 1 is 0.396 bits per heavy atom. The average molecular weight is 2090 g/mol. The number of hydrogen-bond donors (Lipinski definition) is 9. The summed E-state index contributed by atoms with van der Waals surface area (Å²) in [5.41, 5.74) is 21.8. The van der Waals surface area contributed by atoms with Gasteiger partial charge in [-0.05, 0) is 213 Å². The highest BCUT2D eigenvalue weighted by Gasteiger charge is 2.60. The van der Waals surface area contributed by atoms with Gasteiger partial charge in [-0.3, -0.25) is 30.3 Å².